The third-order valence-corrected chi connectivity index (χ3v) is 5.13. The van der Waals surface area contributed by atoms with E-state index in [1.165, 1.54) is 12.1 Å². The Morgan fingerprint density at radius 1 is 1.17 bits per heavy atom. The first-order valence-electron chi connectivity index (χ1n) is 10.4. The second-order valence-corrected chi connectivity index (χ2v) is 7.21. The van der Waals surface area contributed by atoms with Gasteiger partial charge in [-0.1, -0.05) is 25.3 Å². The van der Waals surface area contributed by atoms with E-state index >= 15 is 0 Å². The number of hydrogen-bond donors (Lipinski definition) is 0. The van der Waals surface area contributed by atoms with Crippen molar-refractivity contribution in [1.82, 2.24) is 9.80 Å². The first kappa shape index (κ1) is 23.5. The predicted octanol–water partition coefficient (Wildman–Crippen LogP) is 5.03. The lowest BCUT2D eigenvalue weighted by Crippen LogP contribution is -2.46. The normalized spacial score (nSPS) is 16.2. The summed E-state index contributed by atoms with van der Waals surface area (Å²) in [5, 5.41) is 0. The number of hydrogen-bond acceptors (Lipinski definition) is 4. The molecule has 0 saturated carbocycles. The number of Topliss-reactive ketones (excluding diaryl/α,β-unsaturated/α-hetero) is 1. The summed E-state index contributed by atoms with van der Waals surface area (Å²) in [6.07, 6.45) is 8.89. The van der Waals surface area contributed by atoms with E-state index < -0.39 is 0 Å². The number of rotatable bonds is 10. The van der Waals surface area contributed by atoms with Crippen LogP contribution in [0, 0.1) is 5.82 Å². The van der Waals surface area contributed by atoms with Gasteiger partial charge >= 0.3 is 0 Å². The lowest BCUT2D eigenvalue weighted by Gasteiger charge is -2.37. The molecule has 0 bridgehead atoms. The van der Waals surface area contributed by atoms with E-state index in [0.717, 1.165) is 56.1 Å². The zero-order valence-corrected chi connectivity index (χ0v) is 18.1. The number of piperazine rings is 1. The number of nitrogens with zero attached hydrogens (tertiary/aromatic N) is 3. The smallest absolute Gasteiger partial charge is 0.162 e. The third kappa shape index (κ3) is 6.63. The van der Waals surface area contributed by atoms with E-state index in [4.69, 9.17) is 0 Å². The SMILES string of the molecule is C=CC(=C)/C(N=CC)=C(\C=C/C)N1CCN(CCCC(=O)c2ccc(F)cc2)CC1. The molecule has 0 aromatic heterocycles. The summed E-state index contributed by atoms with van der Waals surface area (Å²) in [5.74, 6) is -0.253. The molecular weight excluding hydrogens is 377 g/mol. The maximum Gasteiger partial charge on any atom is 0.162 e. The molecule has 4 nitrogen and oxygen atoms in total. The van der Waals surface area contributed by atoms with Gasteiger partial charge in [0.05, 0.1) is 11.4 Å². The van der Waals surface area contributed by atoms with Crippen LogP contribution in [-0.2, 0) is 0 Å². The molecular formula is C25H32FN3O. The minimum Gasteiger partial charge on any atom is -0.367 e. The Morgan fingerprint density at radius 2 is 1.83 bits per heavy atom. The molecule has 1 saturated heterocycles. The van der Waals surface area contributed by atoms with Crippen LogP contribution in [0.5, 0.6) is 0 Å². The average Bonchev–Trinajstić information content (AvgIpc) is 2.76. The number of halogens is 1. The third-order valence-electron chi connectivity index (χ3n) is 5.13. The molecule has 5 heteroatoms. The highest BCUT2D eigenvalue weighted by atomic mass is 19.1. The molecule has 0 N–H and O–H groups in total. The second kappa shape index (κ2) is 12.0. The van der Waals surface area contributed by atoms with E-state index in [9.17, 15) is 9.18 Å². The maximum absolute atomic E-state index is 13.0. The molecule has 1 fully saturated rings. The van der Waals surface area contributed by atoms with E-state index in [-0.39, 0.29) is 11.6 Å². The molecule has 0 spiro atoms. The van der Waals surface area contributed by atoms with Gasteiger partial charge in [0.2, 0.25) is 0 Å². The van der Waals surface area contributed by atoms with Crippen LogP contribution in [0.25, 0.3) is 0 Å². The summed E-state index contributed by atoms with van der Waals surface area (Å²) in [5.41, 5.74) is 3.30. The highest BCUT2D eigenvalue weighted by Gasteiger charge is 2.20. The Morgan fingerprint density at radius 3 is 2.40 bits per heavy atom. The Bertz CT molecular complexity index is 828. The van der Waals surface area contributed by atoms with Gasteiger partial charge < -0.3 is 4.90 Å². The molecule has 1 aliphatic rings. The molecule has 1 heterocycles. The molecule has 1 aromatic rings. The summed E-state index contributed by atoms with van der Waals surface area (Å²) < 4.78 is 13.0. The van der Waals surface area contributed by atoms with Crippen LogP contribution in [0.4, 0.5) is 4.39 Å². The molecule has 0 unspecified atom stereocenters. The Kier molecular flexibility index (Phi) is 9.42. The van der Waals surface area contributed by atoms with E-state index in [1.807, 2.05) is 19.9 Å². The van der Waals surface area contributed by atoms with Gasteiger partial charge in [-0.2, -0.15) is 0 Å². The summed E-state index contributed by atoms with van der Waals surface area (Å²) >= 11 is 0. The standard InChI is InChI=1S/C25H32FN3O/c1-5-9-23(25(27-7-3)20(4)6-2)29-18-16-28(17-19-29)15-8-10-24(30)21-11-13-22(26)14-12-21/h5-7,9,11-14H,2,4,8,10,15-19H2,1,3H3/b9-5-,25-23-,27-7?. The molecule has 160 valence electrons. The van der Waals surface area contributed by atoms with Crippen molar-refractivity contribution in [2.75, 3.05) is 32.7 Å². The minimum absolute atomic E-state index is 0.0666. The van der Waals surface area contributed by atoms with Gasteiger partial charge in [0, 0.05) is 44.4 Å². The fraction of sp³-hybridized carbons (Fsp3) is 0.360. The highest BCUT2D eigenvalue weighted by molar-refractivity contribution is 5.95. The molecule has 30 heavy (non-hydrogen) atoms. The average molecular weight is 410 g/mol. The van der Waals surface area contributed by atoms with Gasteiger partial charge in [-0.25, -0.2) is 4.39 Å². The molecule has 0 aliphatic carbocycles. The van der Waals surface area contributed by atoms with Gasteiger partial charge in [-0.3, -0.25) is 14.7 Å². The van der Waals surface area contributed by atoms with Crippen LogP contribution in [0.15, 0.2) is 77.6 Å². The van der Waals surface area contributed by atoms with Gasteiger partial charge in [0.25, 0.3) is 0 Å². The van der Waals surface area contributed by atoms with Crippen molar-refractivity contribution in [2.24, 2.45) is 4.99 Å². The number of benzene rings is 1. The van der Waals surface area contributed by atoms with Crippen LogP contribution >= 0.6 is 0 Å². The van der Waals surface area contributed by atoms with Crippen LogP contribution < -0.4 is 0 Å². The first-order chi connectivity index (χ1) is 14.5. The van der Waals surface area contributed by atoms with E-state index in [1.54, 1.807) is 24.4 Å². The van der Waals surface area contributed by atoms with Gasteiger partial charge in [0.1, 0.15) is 5.82 Å². The van der Waals surface area contributed by atoms with E-state index in [0.29, 0.717) is 12.0 Å². The number of ketones is 1. The molecule has 0 amide bonds. The number of carbonyl (C=O) groups excluding carboxylic acids is 1. The topological polar surface area (TPSA) is 35.9 Å². The number of allylic oxidation sites excluding steroid dienone is 3. The van der Waals surface area contributed by atoms with Gasteiger partial charge in [-0.05, 0) is 62.7 Å². The fourth-order valence-electron chi connectivity index (χ4n) is 3.49. The molecule has 0 atom stereocenters. The van der Waals surface area contributed by atoms with Crippen molar-refractivity contribution in [1.29, 1.82) is 0 Å². The Labute approximate surface area is 179 Å². The largest absolute Gasteiger partial charge is 0.367 e. The van der Waals surface area contributed by atoms with Crippen molar-refractivity contribution in [3.8, 4) is 0 Å². The van der Waals surface area contributed by atoms with Crippen LogP contribution in [0.3, 0.4) is 0 Å². The lowest BCUT2D eigenvalue weighted by atomic mass is 10.1. The molecule has 2 rings (SSSR count). The van der Waals surface area contributed by atoms with Crippen molar-refractivity contribution in [3.63, 3.8) is 0 Å². The predicted molar refractivity (Wildman–Crippen MR) is 123 cm³/mol. The minimum atomic E-state index is -0.319. The summed E-state index contributed by atoms with van der Waals surface area (Å²) in [4.78, 5) is 21.5. The number of aliphatic imine (C=N–C) groups is 1. The molecule has 0 radical (unpaired) electrons. The van der Waals surface area contributed by atoms with Crippen molar-refractivity contribution in [3.05, 3.63) is 84.0 Å². The highest BCUT2D eigenvalue weighted by Crippen LogP contribution is 2.22. The first-order valence-corrected chi connectivity index (χ1v) is 10.4. The van der Waals surface area contributed by atoms with Gasteiger partial charge in [-0.15, -0.1) is 0 Å². The Balaban J connectivity index is 1.91. The number of carbonyl (C=O) groups is 1. The van der Waals surface area contributed by atoms with Crippen LogP contribution in [0.1, 0.15) is 37.0 Å². The summed E-state index contributed by atoms with van der Waals surface area (Å²) in [6, 6.07) is 5.78. The second-order valence-electron chi connectivity index (χ2n) is 7.21. The van der Waals surface area contributed by atoms with Crippen molar-refractivity contribution < 1.29 is 9.18 Å². The zero-order valence-electron chi connectivity index (χ0n) is 18.1. The summed E-state index contributed by atoms with van der Waals surface area (Å²) in [7, 11) is 0. The molecule has 1 aliphatic heterocycles. The van der Waals surface area contributed by atoms with E-state index in [2.05, 4.69) is 34.0 Å². The monoisotopic (exact) mass is 409 g/mol. The van der Waals surface area contributed by atoms with Gasteiger partial charge in [0.15, 0.2) is 5.78 Å². The van der Waals surface area contributed by atoms with Crippen LogP contribution in [-0.4, -0.2) is 54.5 Å². The quantitative estimate of drug-likeness (QED) is 0.309. The zero-order chi connectivity index (χ0) is 21.9. The summed E-state index contributed by atoms with van der Waals surface area (Å²) in [6.45, 7) is 16.3. The Hall–Kier alpha value is -2.79. The maximum atomic E-state index is 13.0. The molecule has 1 aromatic carbocycles. The fourth-order valence-corrected chi connectivity index (χ4v) is 3.49. The lowest BCUT2D eigenvalue weighted by molar-refractivity contribution is 0.0968. The van der Waals surface area contributed by atoms with Crippen molar-refractivity contribution in [2.45, 2.75) is 26.7 Å². The van der Waals surface area contributed by atoms with Crippen LogP contribution in [0.2, 0.25) is 0 Å². The van der Waals surface area contributed by atoms with Crippen molar-refractivity contribution >= 4 is 12.0 Å².